The van der Waals surface area contributed by atoms with Crippen molar-refractivity contribution in [3.05, 3.63) is 57.6 Å². The van der Waals surface area contributed by atoms with Crippen LogP contribution in [0.3, 0.4) is 0 Å². The lowest BCUT2D eigenvalue weighted by Crippen LogP contribution is -2.31. The van der Waals surface area contributed by atoms with Gasteiger partial charge in [-0.15, -0.1) is 0 Å². The summed E-state index contributed by atoms with van der Waals surface area (Å²) in [4.78, 5) is 22.3. The van der Waals surface area contributed by atoms with Crippen LogP contribution in [0.2, 0.25) is 10.0 Å². The highest BCUT2D eigenvalue weighted by Crippen LogP contribution is 2.36. The topological polar surface area (TPSA) is 111 Å². The molecule has 2 aromatic carbocycles. The fraction of sp³-hybridized carbons (Fsp3) is 0.391. The number of carbonyl (C=O) groups excluding carboxylic acids is 1. The minimum absolute atomic E-state index is 0.0877. The van der Waals surface area contributed by atoms with Gasteiger partial charge in [0, 0.05) is 6.61 Å². The van der Waals surface area contributed by atoms with Crippen LogP contribution in [-0.4, -0.2) is 36.5 Å². The summed E-state index contributed by atoms with van der Waals surface area (Å²) >= 11 is 12.5. The van der Waals surface area contributed by atoms with Gasteiger partial charge in [0.05, 0.1) is 27.0 Å². The van der Waals surface area contributed by atoms with Crippen LogP contribution in [0.1, 0.15) is 43.1 Å². The molecule has 0 amide bonds. The molecule has 0 aliphatic carbocycles. The van der Waals surface area contributed by atoms with Gasteiger partial charge >= 0.3 is 11.9 Å². The van der Waals surface area contributed by atoms with Crippen molar-refractivity contribution in [1.29, 1.82) is 0 Å². The third-order valence-corrected chi connectivity index (χ3v) is 5.01. The maximum absolute atomic E-state index is 12.2. The molecule has 0 saturated heterocycles. The molecule has 176 valence electrons. The molecule has 2 aromatic rings. The van der Waals surface area contributed by atoms with E-state index in [1.807, 2.05) is 33.8 Å². The van der Waals surface area contributed by atoms with Gasteiger partial charge in [-0.3, -0.25) is 4.79 Å². The summed E-state index contributed by atoms with van der Waals surface area (Å²) in [5.74, 6) is -1.04. The highest BCUT2D eigenvalue weighted by molar-refractivity contribution is 6.39. The van der Waals surface area contributed by atoms with Gasteiger partial charge in [0.2, 0.25) is 0 Å². The predicted molar refractivity (Wildman–Crippen MR) is 128 cm³/mol. The molecule has 32 heavy (non-hydrogen) atoms. The maximum Gasteiger partial charge on any atom is 0.342 e. The van der Waals surface area contributed by atoms with E-state index in [9.17, 15) is 9.59 Å². The van der Waals surface area contributed by atoms with Crippen LogP contribution in [0.25, 0.3) is 0 Å². The minimum atomic E-state index is -0.913. The van der Waals surface area contributed by atoms with Crippen molar-refractivity contribution in [2.24, 2.45) is 11.7 Å². The van der Waals surface area contributed by atoms with E-state index in [0.29, 0.717) is 45.9 Å². The number of carboxylic acid groups (broad SMARTS) is 1. The SMILES string of the molecule is CC(C)C[C@H](N)C(=O)O.CCOCOC(=O)c1ccccc1Nc1c(Cl)ccc(C)c1Cl. The van der Waals surface area contributed by atoms with E-state index in [4.69, 9.17) is 43.5 Å². The number of halogens is 2. The fourth-order valence-electron chi connectivity index (χ4n) is 2.54. The Morgan fingerprint density at radius 2 is 1.81 bits per heavy atom. The van der Waals surface area contributed by atoms with Crippen molar-refractivity contribution in [3.63, 3.8) is 0 Å². The van der Waals surface area contributed by atoms with Crippen LogP contribution in [0, 0.1) is 12.8 Å². The molecular weight excluding hydrogens is 455 g/mol. The average Bonchev–Trinajstić information content (AvgIpc) is 2.74. The van der Waals surface area contributed by atoms with Crippen molar-refractivity contribution in [2.75, 3.05) is 18.7 Å². The quantitative estimate of drug-likeness (QED) is 0.239. The zero-order valence-corrected chi connectivity index (χ0v) is 20.2. The van der Waals surface area contributed by atoms with E-state index < -0.39 is 18.0 Å². The Hall–Kier alpha value is -2.32. The molecule has 0 fully saturated rings. The van der Waals surface area contributed by atoms with E-state index in [1.165, 1.54) is 0 Å². The zero-order chi connectivity index (χ0) is 24.3. The number of hydrogen-bond donors (Lipinski definition) is 3. The van der Waals surface area contributed by atoms with Gasteiger partial charge in [-0.1, -0.05) is 55.2 Å². The summed E-state index contributed by atoms with van der Waals surface area (Å²) < 4.78 is 10.1. The molecule has 0 aromatic heterocycles. The second kappa shape index (κ2) is 14.0. The first kappa shape index (κ1) is 27.7. The van der Waals surface area contributed by atoms with Gasteiger partial charge in [0.25, 0.3) is 0 Å². The summed E-state index contributed by atoms with van der Waals surface area (Å²) in [6, 6.07) is 9.87. The molecule has 0 unspecified atom stereocenters. The lowest BCUT2D eigenvalue weighted by atomic mass is 10.1. The van der Waals surface area contributed by atoms with Gasteiger partial charge < -0.3 is 25.6 Å². The molecule has 0 bridgehead atoms. The highest BCUT2D eigenvalue weighted by Gasteiger charge is 2.16. The summed E-state index contributed by atoms with van der Waals surface area (Å²) in [5, 5.41) is 12.4. The maximum atomic E-state index is 12.2. The Morgan fingerprint density at radius 1 is 1.16 bits per heavy atom. The first-order valence-corrected chi connectivity index (χ1v) is 10.9. The summed E-state index contributed by atoms with van der Waals surface area (Å²) in [6.07, 6.45) is 0.551. The number of rotatable bonds is 9. The lowest BCUT2D eigenvalue weighted by molar-refractivity contribution is -0.138. The Kier molecular flexibility index (Phi) is 12.1. The average molecular weight is 485 g/mol. The van der Waals surface area contributed by atoms with Crippen molar-refractivity contribution in [2.45, 2.75) is 40.2 Å². The molecule has 1 atom stereocenters. The molecule has 0 aliphatic heterocycles. The summed E-state index contributed by atoms with van der Waals surface area (Å²) in [6.45, 7) is 7.99. The number of nitrogens with one attached hydrogen (secondary N) is 1. The van der Waals surface area contributed by atoms with E-state index in [0.717, 1.165) is 5.56 Å². The van der Waals surface area contributed by atoms with Gasteiger partial charge in [0.15, 0.2) is 6.79 Å². The largest absolute Gasteiger partial charge is 0.480 e. The summed E-state index contributed by atoms with van der Waals surface area (Å²) in [5.41, 5.74) is 7.59. The van der Waals surface area contributed by atoms with Crippen molar-refractivity contribution >= 4 is 46.5 Å². The fourth-order valence-corrected chi connectivity index (χ4v) is 3.01. The smallest absolute Gasteiger partial charge is 0.342 e. The number of anilines is 2. The zero-order valence-electron chi connectivity index (χ0n) is 18.7. The molecule has 9 heteroatoms. The number of benzene rings is 2. The molecule has 0 heterocycles. The lowest BCUT2D eigenvalue weighted by Gasteiger charge is -2.15. The van der Waals surface area contributed by atoms with Crippen molar-refractivity contribution < 1.29 is 24.2 Å². The first-order valence-electron chi connectivity index (χ1n) is 10.1. The number of para-hydroxylation sites is 1. The van der Waals surface area contributed by atoms with Crippen LogP contribution in [0.15, 0.2) is 36.4 Å². The molecule has 0 radical (unpaired) electrons. The number of nitrogens with two attached hydrogens (primary N) is 1. The Bertz CT molecular complexity index is 906. The Morgan fingerprint density at radius 3 is 2.38 bits per heavy atom. The van der Waals surface area contributed by atoms with E-state index in [2.05, 4.69) is 5.32 Å². The number of ether oxygens (including phenoxy) is 2. The molecule has 4 N–H and O–H groups in total. The highest BCUT2D eigenvalue weighted by atomic mass is 35.5. The monoisotopic (exact) mass is 484 g/mol. The van der Waals surface area contributed by atoms with Crippen LogP contribution >= 0.6 is 23.2 Å². The molecule has 0 spiro atoms. The van der Waals surface area contributed by atoms with E-state index >= 15 is 0 Å². The third-order valence-electron chi connectivity index (χ3n) is 4.21. The molecule has 0 aliphatic rings. The van der Waals surface area contributed by atoms with Gasteiger partial charge in [-0.25, -0.2) is 4.79 Å². The van der Waals surface area contributed by atoms with Crippen LogP contribution < -0.4 is 11.1 Å². The molecule has 2 rings (SSSR count). The number of hydrogen-bond acceptors (Lipinski definition) is 6. The van der Waals surface area contributed by atoms with Gasteiger partial charge in [-0.2, -0.15) is 0 Å². The van der Waals surface area contributed by atoms with Crippen LogP contribution in [0.4, 0.5) is 11.4 Å². The number of aliphatic carboxylic acids is 1. The van der Waals surface area contributed by atoms with Gasteiger partial charge in [-0.05, 0) is 49.9 Å². The van der Waals surface area contributed by atoms with Crippen molar-refractivity contribution in [3.8, 4) is 0 Å². The third kappa shape index (κ3) is 9.04. The molecular formula is C23H30Cl2N2O5. The predicted octanol–water partition coefficient (Wildman–Crippen LogP) is 5.64. The first-order chi connectivity index (χ1) is 15.1. The Labute approximate surface area is 198 Å². The second-order valence-corrected chi connectivity index (χ2v) is 8.13. The number of esters is 1. The second-order valence-electron chi connectivity index (χ2n) is 7.34. The number of carbonyl (C=O) groups is 2. The summed E-state index contributed by atoms with van der Waals surface area (Å²) in [7, 11) is 0. The minimum Gasteiger partial charge on any atom is -0.480 e. The van der Waals surface area contributed by atoms with Crippen LogP contribution in [0.5, 0.6) is 0 Å². The van der Waals surface area contributed by atoms with Gasteiger partial charge in [0.1, 0.15) is 6.04 Å². The molecule has 7 nitrogen and oxygen atoms in total. The van der Waals surface area contributed by atoms with Crippen LogP contribution in [-0.2, 0) is 14.3 Å². The standard InChI is InChI=1S/C17H17Cl2NO3.C6H13NO2/c1-3-22-10-23-17(21)12-6-4-5-7-14(12)20-16-13(18)9-8-11(2)15(16)19;1-4(2)3-5(7)6(8)9/h4-9,20H,3,10H2,1-2H3;4-5H,3,7H2,1-2H3,(H,8,9)/t;5-/m.0/s1. The number of carboxylic acids is 1. The number of aryl methyl sites for hydroxylation is 1. The van der Waals surface area contributed by atoms with E-state index in [-0.39, 0.29) is 6.79 Å². The van der Waals surface area contributed by atoms with E-state index in [1.54, 1.807) is 30.3 Å². The Balaban J connectivity index is 0.000000482. The van der Waals surface area contributed by atoms with Crippen molar-refractivity contribution in [1.82, 2.24) is 0 Å². The molecule has 0 saturated carbocycles. The normalized spacial score (nSPS) is 11.4.